The van der Waals surface area contributed by atoms with Crippen LogP contribution in [0.2, 0.25) is 0 Å². The molecule has 0 radical (unpaired) electrons. The average molecular weight is 242 g/mol. The summed E-state index contributed by atoms with van der Waals surface area (Å²) in [7, 11) is 0. The molecule has 2 atom stereocenters. The lowest BCUT2D eigenvalue weighted by molar-refractivity contribution is 0.233. The third-order valence-corrected chi connectivity index (χ3v) is 3.31. The lowest BCUT2D eigenvalue weighted by Gasteiger charge is -2.20. The maximum Gasteiger partial charge on any atom is 0.160 e. The van der Waals surface area contributed by atoms with Gasteiger partial charge in [-0.1, -0.05) is 0 Å². The van der Waals surface area contributed by atoms with Crippen LogP contribution in [-0.2, 0) is 0 Å². The summed E-state index contributed by atoms with van der Waals surface area (Å²) in [5.41, 5.74) is 6.43. The second-order valence-electron chi connectivity index (χ2n) is 4.44. The SMILES string of the molecule is NC(CO)C1CCN(c2ccc(F)c(F)c2)C1. The van der Waals surface area contributed by atoms with Gasteiger partial charge in [-0.3, -0.25) is 0 Å². The van der Waals surface area contributed by atoms with Gasteiger partial charge in [-0.05, 0) is 24.5 Å². The van der Waals surface area contributed by atoms with Crippen molar-refractivity contribution in [3.8, 4) is 0 Å². The molecule has 1 saturated heterocycles. The van der Waals surface area contributed by atoms with Crippen LogP contribution in [-0.4, -0.2) is 30.8 Å². The van der Waals surface area contributed by atoms with Crippen LogP contribution in [0.4, 0.5) is 14.5 Å². The largest absolute Gasteiger partial charge is 0.395 e. The molecule has 3 N–H and O–H groups in total. The molecule has 1 fully saturated rings. The summed E-state index contributed by atoms with van der Waals surface area (Å²) in [4.78, 5) is 1.96. The number of halogens is 2. The van der Waals surface area contributed by atoms with Crippen molar-refractivity contribution < 1.29 is 13.9 Å². The molecule has 1 aromatic rings. The molecule has 17 heavy (non-hydrogen) atoms. The van der Waals surface area contributed by atoms with Crippen molar-refractivity contribution in [2.75, 3.05) is 24.6 Å². The Morgan fingerprint density at radius 2 is 2.18 bits per heavy atom. The van der Waals surface area contributed by atoms with E-state index in [2.05, 4.69) is 0 Å². The van der Waals surface area contributed by atoms with Crippen LogP contribution in [0.15, 0.2) is 18.2 Å². The van der Waals surface area contributed by atoms with Crippen LogP contribution in [0.25, 0.3) is 0 Å². The zero-order chi connectivity index (χ0) is 12.4. The van der Waals surface area contributed by atoms with Crippen molar-refractivity contribution in [1.29, 1.82) is 0 Å². The van der Waals surface area contributed by atoms with Crippen molar-refractivity contribution in [3.63, 3.8) is 0 Å². The summed E-state index contributed by atoms with van der Waals surface area (Å²) in [5, 5.41) is 8.98. The average Bonchev–Trinajstić information content (AvgIpc) is 2.81. The number of nitrogens with zero attached hydrogens (tertiary/aromatic N) is 1. The third kappa shape index (κ3) is 2.56. The minimum absolute atomic E-state index is 0.0454. The van der Waals surface area contributed by atoms with E-state index in [9.17, 15) is 8.78 Å². The summed E-state index contributed by atoms with van der Waals surface area (Å²) in [6, 6.07) is 3.64. The maximum absolute atomic E-state index is 13.1. The second-order valence-corrected chi connectivity index (χ2v) is 4.44. The van der Waals surface area contributed by atoms with E-state index in [0.29, 0.717) is 12.2 Å². The summed E-state index contributed by atoms with van der Waals surface area (Å²) >= 11 is 0. The van der Waals surface area contributed by atoms with Gasteiger partial charge in [-0.25, -0.2) is 8.78 Å². The van der Waals surface area contributed by atoms with E-state index >= 15 is 0 Å². The Kier molecular flexibility index (Phi) is 3.59. The van der Waals surface area contributed by atoms with Gasteiger partial charge < -0.3 is 15.7 Å². The van der Waals surface area contributed by atoms with Crippen LogP contribution < -0.4 is 10.6 Å². The van der Waals surface area contributed by atoms with E-state index < -0.39 is 11.6 Å². The molecule has 1 aliphatic heterocycles. The fourth-order valence-corrected chi connectivity index (χ4v) is 2.20. The Balaban J connectivity index is 2.07. The number of nitrogens with two attached hydrogens (primary N) is 1. The number of anilines is 1. The minimum atomic E-state index is -0.837. The topological polar surface area (TPSA) is 49.5 Å². The van der Waals surface area contributed by atoms with Gasteiger partial charge in [0.05, 0.1) is 6.61 Å². The van der Waals surface area contributed by atoms with Crippen LogP contribution in [0.1, 0.15) is 6.42 Å². The van der Waals surface area contributed by atoms with E-state index in [-0.39, 0.29) is 18.6 Å². The van der Waals surface area contributed by atoms with Crippen molar-refractivity contribution in [2.45, 2.75) is 12.5 Å². The molecule has 0 aliphatic carbocycles. The summed E-state index contributed by atoms with van der Waals surface area (Å²) in [6.45, 7) is 1.38. The molecule has 5 heteroatoms. The standard InChI is InChI=1S/C12H16F2N2O/c13-10-2-1-9(5-11(10)14)16-4-3-8(6-16)12(15)7-17/h1-2,5,8,12,17H,3-4,6-7,15H2. The van der Waals surface area contributed by atoms with Crippen LogP contribution >= 0.6 is 0 Å². The van der Waals surface area contributed by atoms with Gasteiger partial charge in [0, 0.05) is 30.9 Å². The number of aliphatic hydroxyl groups excluding tert-OH is 1. The summed E-state index contributed by atoms with van der Waals surface area (Å²) < 4.78 is 25.9. The molecule has 0 amide bonds. The zero-order valence-electron chi connectivity index (χ0n) is 9.44. The first kappa shape index (κ1) is 12.3. The van der Waals surface area contributed by atoms with Gasteiger partial charge in [0.15, 0.2) is 11.6 Å². The highest BCUT2D eigenvalue weighted by molar-refractivity contribution is 5.47. The van der Waals surface area contributed by atoms with E-state index in [0.717, 1.165) is 19.0 Å². The highest BCUT2D eigenvalue weighted by atomic mass is 19.2. The second kappa shape index (κ2) is 4.98. The predicted molar refractivity (Wildman–Crippen MR) is 61.7 cm³/mol. The maximum atomic E-state index is 13.1. The minimum Gasteiger partial charge on any atom is -0.395 e. The summed E-state index contributed by atoms with van der Waals surface area (Å²) in [6.07, 6.45) is 0.862. The molecule has 0 aromatic heterocycles. The number of benzene rings is 1. The Hall–Kier alpha value is -1.20. The van der Waals surface area contributed by atoms with E-state index in [4.69, 9.17) is 10.8 Å². The first-order valence-corrected chi connectivity index (χ1v) is 5.68. The Labute approximate surface area is 98.8 Å². The normalized spacial score (nSPS) is 21.9. The molecule has 2 rings (SSSR count). The highest BCUT2D eigenvalue weighted by Crippen LogP contribution is 2.26. The molecular weight excluding hydrogens is 226 g/mol. The monoisotopic (exact) mass is 242 g/mol. The Morgan fingerprint density at radius 1 is 1.41 bits per heavy atom. The smallest absolute Gasteiger partial charge is 0.160 e. The van der Waals surface area contributed by atoms with Gasteiger partial charge in [0.2, 0.25) is 0 Å². The van der Waals surface area contributed by atoms with Gasteiger partial charge in [-0.15, -0.1) is 0 Å². The fraction of sp³-hybridized carbons (Fsp3) is 0.500. The highest BCUT2D eigenvalue weighted by Gasteiger charge is 2.27. The molecule has 1 aliphatic rings. The molecular formula is C12H16F2N2O. The van der Waals surface area contributed by atoms with E-state index in [1.165, 1.54) is 6.07 Å². The molecule has 0 bridgehead atoms. The van der Waals surface area contributed by atoms with Crippen molar-refractivity contribution in [1.82, 2.24) is 0 Å². The van der Waals surface area contributed by atoms with Crippen LogP contribution in [0.5, 0.6) is 0 Å². The Bertz CT molecular complexity index is 400. The van der Waals surface area contributed by atoms with Crippen LogP contribution in [0, 0.1) is 17.6 Å². The quantitative estimate of drug-likeness (QED) is 0.834. The van der Waals surface area contributed by atoms with Gasteiger partial charge in [0.25, 0.3) is 0 Å². The number of aliphatic hydroxyl groups is 1. The number of rotatable bonds is 3. The third-order valence-electron chi connectivity index (χ3n) is 3.31. The molecule has 0 spiro atoms. The lowest BCUT2D eigenvalue weighted by atomic mass is 10.0. The molecule has 1 aromatic carbocycles. The van der Waals surface area contributed by atoms with Crippen LogP contribution in [0.3, 0.4) is 0 Å². The van der Waals surface area contributed by atoms with E-state index in [1.807, 2.05) is 4.90 Å². The number of hydrogen-bond acceptors (Lipinski definition) is 3. The molecule has 1 heterocycles. The molecule has 94 valence electrons. The first-order valence-electron chi connectivity index (χ1n) is 5.68. The predicted octanol–water partition coefficient (Wildman–Crippen LogP) is 1.11. The summed E-state index contributed by atoms with van der Waals surface area (Å²) in [5.74, 6) is -1.47. The van der Waals surface area contributed by atoms with E-state index in [1.54, 1.807) is 6.07 Å². The molecule has 3 nitrogen and oxygen atoms in total. The fourth-order valence-electron chi connectivity index (χ4n) is 2.20. The first-order chi connectivity index (χ1) is 8.11. The van der Waals surface area contributed by atoms with Crippen molar-refractivity contribution in [3.05, 3.63) is 29.8 Å². The molecule has 2 unspecified atom stereocenters. The Morgan fingerprint density at radius 3 is 2.82 bits per heavy atom. The molecule has 0 saturated carbocycles. The van der Waals surface area contributed by atoms with Crippen molar-refractivity contribution >= 4 is 5.69 Å². The zero-order valence-corrected chi connectivity index (χ0v) is 9.44. The van der Waals surface area contributed by atoms with Gasteiger partial charge in [-0.2, -0.15) is 0 Å². The van der Waals surface area contributed by atoms with Gasteiger partial charge in [0.1, 0.15) is 0 Å². The van der Waals surface area contributed by atoms with Crippen molar-refractivity contribution in [2.24, 2.45) is 11.7 Å². The lowest BCUT2D eigenvalue weighted by Crippen LogP contribution is -2.35. The number of hydrogen-bond donors (Lipinski definition) is 2. The van der Waals surface area contributed by atoms with Gasteiger partial charge >= 0.3 is 0 Å².